The van der Waals surface area contributed by atoms with Crippen molar-refractivity contribution in [3.05, 3.63) is 83.4 Å². The molecule has 9 heteroatoms. The molecule has 0 spiro atoms. The number of hydrogen-bond donors (Lipinski definition) is 0. The highest BCUT2D eigenvalue weighted by molar-refractivity contribution is 5.95. The Hall–Kier alpha value is -3.49. The number of ether oxygens (including phenoxy) is 1. The molecule has 160 valence electrons. The zero-order valence-electron chi connectivity index (χ0n) is 15.9. The third kappa shape index (κ3) is 3.49. The average molecular weight is 436 g/mol. The summed E-state index contributed by atoms with van der Waals surface area (Å²) in [7, 11) is 1.02. The first kappa shape index (κ1) is 20.8. The molecule has 4 aromatic rings. The monoisotopic (exact) mass is 436 g/mol. The summed E-state index contributed by atoms with van der Waals surface area (Å²) in [4.78, 5) is 0. The van der Waals surface area contributed by atoms with Crippen molar-refractivity contribution in [3.63, 3.8) is 0 Å². The molecule has 0 N–H and O–H groups in total. The minimum absolute atomic E-state index is 0.0249. The fourth-order valence-corrected chi connectivity index (χ4v) is 3.45. The van der Waals surface area contributed by atoms with Gasteiger partial charge in [0.15, 0.2) is 17.4 Å². The molecule has 0 aliphatic carbocycles. The van der Waals surface area contributed by atoms with Gasteiger partial charge in [0.1, 0.15) is 5.52 Å². The van der Waals surface area contributed by atoms with E-state index >= 15 is 4.39 Å². The number of methoxy groups -OCH3 is 1. The second kappa shape index (κ2) is 7.64. The summed E-state index contributed by atoms with van der Waals surface area (Å²) in [6, 6.07) is 13.2. The molecule has 31 heavy (non-hydrogen) atoms. The lowest BCUT2D eigenvalue weighted by atomic mass is 10.0. The lowest BCUT2D eigenvalue weighted by molar-refractivity contribution is -0.136. The predicted molar refractivity (Wildman–Crippen MR) is 102 cm³/mol. The van der Waals surface area contributed by atoms with Gasteiger partial charge in [-0.1, -0.05) is 42.5 Å². The maximum absolute atomic E-state index is 15.6. The molecule has 0 aliphatic heterocycles. The van der Waals surface area contributed by atoms with Crippen LogP contribution in [0.15, 0.2) is 60.7 Å². The SMILES string of the molecule is COc1c(F)ccc(C(F)n2nc3c(C(F)(F)F)cccc3c2-c2ccccc2)c1F. The van der Waals surface area contributed by atoms with Crippen LogP contribution in [0.3, 0.4) is 0 Å². The molecular formula is C22H14F6N2O. The van der Waals surface area contributed by atoms with Crippen LogP contribution in [0.4, 0.5) is 26.3 Å². The second-order valence-electron chi connectivity index (χ2n) is 6.68. The molecule has 1 atom stereocenters. The topological polar surface area (TPSA) is 27.1 Å². The first-order valence-corrected chi connectivity index (χ1v) is 9.03. The number of nitrogens with zero attached hydrogens (tertiary/aromatic N) is 2. The highest BCUT2D eigenvalue weighted by atomic mass is 19.4. The Labute approximate surface area is 172 Å². The van der Waals surface area contributed by atoms with Crippen molar-refractivity contribution in [2.24, 2.45) is 0 Å². The summed E-state index contributed by atoms with van der Waals surface area (Å²) in [5.74, 6) is -3.14. The highest BCUT2D eigenvalue weighted by Crippen LogP contribution is 2.40. The van der Waals surface area contributed by atoms with Crippen LogP contribution in [0.25, 0.3) is 22.2 Å². The molecule has 0 saturated heterocycles. The van der Waals surface area contributed by atoms with Crippen LogP contribution in [0.5, 0.6) is 5.75 Å². The van der Waals surface area contributed by atoms with E-state index in [1.54, 1.807) is 30.3 Å². The summed E-state index contributed by atoms with van der Waals surface area (Å²) in [6.07, 6.45) is -7.08. The Morgan fingerprint density at radius 1 is 0.935 bits per heavy atom. The molecule has 0 fully saturated rings. The molecule has 0 radical (unpaired) electrons. The highest BCUT2D eigenvalue weighted by Gasteiger charge is 2.35. The van der Waals surface area contributed by atoms with E-state index in [2.05, 4.69) is 9.84 Å². The Morgan fingerprint density at radius 2 is 1.65 bits per heavy atom. The number of aromatic nitrogens is 2. The van der Waals surface area contributed by atoms with Gasteiger partial charge in [-0.15, -0.1) is 0 Å². The van der Waals surface area contributed by atoms with E-state index in [-0.39, 0.29) is 11.1 Å². The zero-order chi connectivity index (χ0) is 22.3. The lowest BCUT2D eigenvalue weighted by Crippen LogP contribution is -2.12. The van der Waals surface area contributed by atoms with Crippen LogP contribution in [-0.4, -0.2) is 16.9 Å². The number of rotatable bonds is 4. The van der Waals surface area contributed by atoms with Gasteiger partial charge in [-0.2, -0.15) is 18.3 Å². The lowest BCUT2D eigenvalue weighted by Gasteiger charge is -2.15. The van der Waals surface area contributed by atoms with E-state index in [0.29, 0.717) is 10.2 Å². The van der Waals surface area contributed by atoms with E-state index in [9.17, 15) is 22.0 Å². The molecular weight excluding hydrogens is 422 g/mol. The summed E-state index contributed by atoms with van der Waals surface area (Å²) in [5.41, 5.74) is -1.76. The van der Waals surface area contributed by atoms with Crippen LogP contribution in [0, 0.1) is 11.6 Å². The third-order valence-corrected chi connectivity index (χ3v) is 4.84. The van der Waals surface area contributed by atoms with E-state index in [0.717, 1.165) is 25.3 Å². The quantitative estimate of drug-likeness (QED) is 0.341. The number of alkyl halides is 4. The maximum Gasteiger partial charge on any atom is 0.418 e. The van der Waals surface area contributed by atoms with Crippen molar-refractivity contribution in [3.8, 4) is 17.0 Å². The summed E-state index contributed by atoms with van der Waals surface area (Å²) >= 11 is 0. The number of fused-ring (bicyclic) bond motifs is 1. The molecule has 3 nitrogen and oxygen atoms in total. The molecule has 0 bridgehead atoms. The largest absolute Gasteiger partial charge is 0.491 e. The van der Waals surface area contributed by atoms with Crippen LogP contribution in [0.1, 0.15) is 17.4 Å². The number of benzene rings is 3. The Morgan fingerprint density at radius 3 is 2.29 bits per heavy atom. The van der Waals surface area contributed by atoms with Gasteiger partial charge in [0.25, 0.3) is 0 Å². The Kier molecular flexibility index (Phi) is 5.12. The predicted octanol–water partition coefficient (Wildman–Crippen LogP) is 6.53. The smallest absolute Gasteiger partial charge is 0.418 e. The van der Waals surface area contributed by atoms with Gasteiger partial charge in [0, 0.05) is 16.5 Å². The van der Waals surface area contributed by atoms with Crippen molar-refractivity contribution in [2.45, 2.75) is 12.5 Å². The van der Waals surface area contributed by atoms with Crippen LogP contribution >= 0.6 is 0 Å². The molecule has 3 aromatic carbocycles. The van der Waals surface area contributed by atoms with E-state index < -0.39 is 46.5 Å². The van der Waals surface area contributed by atoms with Gasteiger partial charge in [0.05, 0.1) is 18.4 Å². The van der Waals surface area contributed by atoms with E-state index in [1.165, 1.54) is 12.1 Å². The van der Waals surface area contributed by atoms with E-state index in [4.69, 9.17) is 0 Å². The van der Waals surface area contributed by atoms with Crippen molar-refractivity contribution in [1.29, 1.82) is 0 Å². The molecule has 0 amide bonds. The van der Waals surface area contributed by atoms with Gasteiger partial charge < -0.3 is 4.74 Å². The summed E-state index contributed by atoms with van der Waals surface area (Å²) in [6.45, 7) is 0. The van der Waals surface area contributed by atoms with Crippen molar-refractivity contribution in [1.82, 2.24) is 9.78 Å². The molecule has 4 rings (SSSR count). The minimum Gasteiger partial charge on any atom is -0.491 e. The normalized spacial score (nSPS) is 12.9. The molecule has 0 saturated carbocycles. The summed E-state index contributed by atoms with van der Waals surface area (Å²) in [5, 5.41) is 3.91. The molecule has 1 heterocycles. The van der Waals surface area contributed by atoms with E-state index in [1.807, 2.05) is 0 Å². The first-order valence-electron chi connectivity index (χ1n) is 9.03. The van der Waals surface area contributed by atoms with Crippen LogP contribution in [0.2, 0.25) is 0 Å². The maximum atomic E-state index is 15.6. The average Bonchev–Trinajstić information content (AvgIpc) is 3.13. The summed E-state index contributed by atoms with van der Waals surface area (Å²) < 4.78 is 90.0. The van der Waals surface area contributed by atoms with Gasteiger partial charge in [-0.05, 0) is 18.2 Å². The molecule has 0 aliphatic rings. The van der Waals surface area contributed by atoms with Gasteiger partial charge >= 0.3 is 6.18 Å². The first-order chi connectivity index (χ1) is 14.7. The van der Waals surface area contributed by atoms with Crippen LogP contribution < -0.4 is 4.74 Å². The van der Waals surface area contributed by atoms with Gasteiger partial charge in [-0.25, -0.2) is 17.9 Å². The van der Waals surface area contributed by atoms with Crippen molar-refractivity contribution >= 4 is 10.9 Å². The Balaban J connectivity index is 2.02. The Bertz CT molecular complexity index is 1250. The van der Waals surface area contributed by atoms with Crippen molar-refractivity contribution in [2.75, 3.05) is 7.11 Å². The number of hydrogen-bond acceptors (Lipinski definition) is 2. The fourth-order valence-electron chi connectivity index (χ4n) is 3.45. The minimum atomic E-state index is -4.73. The van der Waals surface area contributed by atoms with Gasteiger partial charge in [-0.3, -0.25) is 0 Å². The fraction of sp³-hybridized carbons (Fsp3) is 0.136. The van der Waals surface area contributed by atoms with Gasteiger partial charge in [0.2, 0.25) is 6.30 Å². The third-order valence-electron chi connectivity index (χ3n) is 4.84. The standard InChI is InChI=1S/C22H14F6N2O/c1-31-20-16(23)11-10-13(17(20)24)21(25)30-19(12-6-3-2-4-7-12)14-8-5-9-15(18(14)29-30)22(26,27)28/h2-11,21H,1H3. The molecule has 1 aromatic heterocycles. The van der Waals surface area contributed by atoms with Crippen molar-refractivity contribution < 1.29 is 31.1 Å². The molecule has 1 unspecified atom stereocenters. The zero-order valence-corrected chi connectivity index (χ0v) is 15.9. The second-order valence-corrected chi connectivity index (χ2v) is 6.68. The number of halogens is 6. The van der Waals surface area contributed by atoms with Crippen LogP contribution in [-0.2, 0) is 6.18 Å².